The van der Waals surface area contributed by atoms with Crippen molar-refractivity contribution in [3.05, 3.63) is 28.0 Å². The molecule has 1 aromatic heterocycles. The zero-order valence-corrected chi connectivity index (χ0v) is 7.70. The number of hydrogen-bond donors (Lipinski definition) is 1. The molecule has 0 aliphatic rings. The lowest BCUT2D eigenvalue weighted by atomic mass is 10.2. The first kappa shape index (κ1) is 6.97. The van der Waals surface area contributed by atoms with Gasteiger partial charge in [-0.2, -0.15) is 0 Å². The maximum absolute atomic E-state index is 9.32. The second-order valence-electron chi connectivity index (χ2n) is 2.23. The Hall–Kier alpha value is -0.710. The van der Waals surface area contributed by atoms with Crippen LogP contribution in [0.15, 0.2) is 28.9 Å². The molecule has 11 heavy (non-hydrogen) atoms. The van der Waals surface area contributed by atoms with Crippen LogP contribution >= 0.6 is 22.6 Å². The summed E-state index contributed by atoms with van der Waals surface area (Å²) < 4.78 is 6.18. The lowest BCUT2D eigenvalue weighted by Crippen LogP contribution is -1.71. The Bertz CT molecular complexity index is 356. The Morgan fingerprint density at radius 2 is 2.09 bits per heavy atom. The first-order valence-corrected chi connectivity index (χ1v) is 4.21. The molecule has 0 bridgehead atoms. The molecule has 0 aliphatic carbocycles. The van der Waals surface area contributed by atoms with Gasteiger partial charge < -0.3 is 9.52 Å². The SMILES string of the molecule is Oc1ccc(I)c2occc12. The number of aromatic hydroxyl groups is 1. The summed E-state index contributed by atoms with van der Waals surface area (Å²) in [6, 6.07) is 5.24. The summed E-state index contributed by atoms with van der Waals surface area (Å²) in [6.45, 7) is 0. The number of halogens is 1. The van der Waals surface area contributed by atoms with E-state index in [-0.39, 0.29) is 5.75 Å². The van der Waals surface area contributed by atoms with Gasteiger partial charge in [-0.15, -0.1) is 0 Å². The van der Waals surface area contributed by atoms with E-state index in [1.54, 1.807) is 18.4 Å². The lowest BCUT2D eigenvalue weighted by Gasteiger charge is -1.94. The molecule has 1 heterocycles. The van der Waals surface area contributed by atoms with Gasteiger partial charge in [0.1, 0.15) is 5.75 Å². The second kappa shape index (κ2) is 2.41. The minimum Gasteiger partial charge on any atom is -0.507 e. The zero-order valence-electron chi connectivity index (χ0n) is 5.54. The maximum atomic E-state index is 9.32. The zero-order chi connectivity index (χ0) is 7.84. The second-order valence-corrected chi connectivity index (χ2v) is 3.39. The van der Waals surface area contributed by atoms with Gasteiger partial charge >= 0.3 is 0 Å². The molecule has 0 atom stereocenters. The smallest absolute Gasteiger partial charge is 0.150 e. The monoisotopic (exact) mass is 260 g/mol. The molecule has 3 heteroatoms. The van der Waals surface area contributed by atoms with Crippen LogP contribution in [-0.4, -0.2) is 5.11 Å². The van der Waals surface area contributed by atoms with E-state index in [9.17, 15) is 5.11 Å². The molecule has 2 rings (SSSR count). The normalized spacial score (nSPS) is 10.6. The fourth-order valence-corrected chi connectivity index (χ4v) is 1.61. The van der Waals surface area contributed by atoms with Crippen molar-refractivity contribution in [3.8, 4) is 5.75 Å². The van der Waals surface area contributed by atoms with Crippen LogP contribution in [0.2, 0.25) is 0 Å². The average molecular weight is 260 g/mol. The predicted octanol–water partition coefficient (Wildman–Crippen LogP) is 2.74. The van der Waals surface area contributed by atoms with Gasteiger partial charge in [0.15, 0.2) is 5.58 Å². The van der Waals surface area contributed by atoms with Crippen LogP contribution in [0.5, 0.6) is 5.75 Å². The molecule has 0 saturated carbocycles. The number of phenols is 1. The van der Waals surface area contributed by atoms with Gasteiger partial charge in [0.25, 0.3) is 0 Å². The highest BCUT2D eigenvalue weighted by Crippen LogP contribution is 2.28. The Morgan fingerprint density at radius 1 is 1.27 bits per heavy atom. The number of phenolic OH excluding ortho intramolecular Hbond substituents is 1. The molecule has 0 unspecified atom stereocenters. The van der Waals surface area contributed by atoms with Crippen LogP contribution in [-0.2, 0) is 0 Å². The number of hydrogen-bond acceptors (Lipinski definition) is 2. The van der Waals surface area contributed by atoms with Crippen LogP contribution in [0.3, 0.4) is 0 Å². The van der Waals surface area contributed by atoms with E-state index in [1.165, 1.54) is 0 Å². The Labute approximate surface area is 77.0 Å². The highest BCUT2D eigenvalue weighted by Gasteiger charge is 2.04. The molecule has 1 aromatic carbocycles. The highest BCUT2D eigenvalue weighted by atomic mass is 127. The topological polar surface area (TPSA) is 33.4 Å². The van der Waals surface area contributed by atoms with Crippen LogP contribution in [0.25, 0.3) is 11.0 Å². The summed E-state index contributed by atoms with van der Waals surface area (Å²) in [5, 5.41) is 10.1. The van der Waals surface area contributed by atoms with E-state index in [2.05, 4.69) is 22.6 Å². The van der Waals surface area contributed by atoms with Crippen molar-refractivity contribution in [2.24, 2.45) is 0 Å². The highest BCUT2D eigenvalue weighted by molar-refractivity contribution is 14.1. The third-order valence-electron chi connectivity index (χ3n) is 1.55. The lowest BCUT2D eigenvalue weighted by molar-refractivity contribution is 0.481. The van der Waals surface area contributed by atoms with Crippen molar-refractivity contribution in [3.63, 3.8) is 0 Å². The number of rotatable bonds is 0. The van der Waals surface area contributed by atoms with Crippen molar-refractivity contribution in [2.75, 3.05) is 0 Å². The van der Waals surface area contributed by atoms with Crippen LogP contribution < -0.4 is 0 Å². The molecule has 0 radical (unpaired) electrons. The minimum atomic E-state index is 0.272. The summed E-state index contributed by atoms with van der Waals surface area (Å²) in [5.41, 5.74) is 0.755. The summed E-state index contributed by atoms with van der Waals surface area (Å²) >= 11 is 2.17. The largest absolute Gasteiger partial charge is 0.507 e. The van der Waals surface area contributed by atoms with Gasteiger partial charge in [-0.3, -0.25) is 0 Å². The molecule has 1 N–H and O–H groups in total. The molecule has 0 amide bonds. The quantitative estimate of drug-likeness (QED) is 0.739. The van der Waals surface area contributed by atoms with Crippen LogP contribution in [0.1, 0.15) is 0 Å². The fourth-order valence-electron chi connectivity index (χ4n) is 1.01. The Balaban J connectivity index is 2.96. The third-order valence-corrected chi connectivity index (χ3v) is 2.40. The number of benzene rings is 1. The van der Waals surface area contributed by atoms with E-state index in [0.717, 1.165) is 14.5 Å². The Kier molecular flexibility index (Phi) is 1.52. The van der Waals surface area contributed by atoms with Gasteiger partial charge in [-0.25, -0.2) is 0 Å². The number of furan rings is 1. The van der Waals surface area contributed by atoms with Crippen molar-refractivity contribution >= 4 is 33.6 Å². The minimum absolute atomic E-state index is 0.272. The molecular weight excluding hydrogens is 255 g/mol. The third kappa shape index (κ3) is 0.994. The van der Waals surface area contributed by atoms with Gasteiger partial charge in [0, 0.05) is 0 Å². The van der Waals surface area contributed by atoms with Crippen molar-refractivity contribution < 1.29 is 9.52 Å². The van der Waals surface area contributed by atoms with Crippen molar-refractivity contribution in [1.29, 1.82) is 0 Å². The molecular formula is C8H5IO2. The molecule has 0 aliphatic heterocycles. The standard InChI is InChI=1S/C8H5IO2/c9-6-1-2-7(10)5-3-4-11-8(5)6/h1-4,10H. The molecule has 2 aromatic rings. The molecule has 0 spiro atoms. The van der Waals surface area contributed by atoms with Crippen LogP contribution in [0.4, 0.5) is 0 Å². The van der Waals surface area contributed by atoms with Gasteiger partial charge in [-0.05, 0) is 40.8 Å². The van der Waals surface area contributed by atoms with E-state index >= 15 is 0 Å². The summed E-state index contributed by atoms with van der Waals surface area (Å²) in [7, 11) is 0. The summed E-state index contributed by atoms with van der Waals surface area (Å²) in [4.78, 5) is 0. The van der Waals surface area contributed by atoms with Gasteiger partial charge in [-0.1, -0.05) is 0 Å². The van der Waals surface area contributed by atoms with Crippen molar-refractivity contribution in [1.82, 2.24) is 0 Å². The number of fused-ring (bicyclic) bond motifs is 1. The molecule has 2 nitrogen and oxygen atoms in total. The van der Waals surface area contributed by atoms with E-state index in [4.69, 9.17) is 4.42 Å². The maximum Gasteiger partial charge on any atom is 0.150 e. The van der Waals surface area contributed by atoms with Gasteiger partial charge in [0.2, 0.25) is 0 Å². The molecule has 56 valence electrons. The summed E-state index contributed by atoms with van der Waals surface area (Å²) in [6.07, 6.45) is 1.58. The van der Waals surface area contributed by atoms with E-state index < -0.39 is 0 Å². The first-order valence-electron chi connectivity index (χ1n) is 3.14. The van der Waals surface area contributed by atoms with Crippen molar-refractivity contribution in [2.45, 2.75) is 0 Å². The molecule has 0 fully saturated rings. The summed E-state index contributed by atoms with van der Waals surface area (Å²) in [5.74, 6) is 0.272. The van der Waals surface area contributed by atoms with Gasteiger partial charge in [0.05, 0.1) is 15.2 Å². The molecule has 0 saturated heterocycles. The van der Waals surface area contributed by atoms with E-state index in [0.29, 0.717) is 0 Å². The van der Waals surface area contributed by atoms with E-state index in [1.807, 2.05) is 6.07 Å². The van der Waals surface area contributed by atoms with Crippen LogP contribution in [0, 0.1) is 3.57 Å². The Morgan fingerprint density at radius 3 is 2.82 bits per heavy atom. The predicted molar refractivity (Wildman–Crippen MR) is 50.6 cm³/mol. The first-order chi connectivity index (χ1) is 5.29. The average Bonchev–Trinajstić information content (AvgIpc) is 2.45. The fraction of sp³-hybridized carbons (Fsp3) is 0.